The minimum Gasteiger partial charge on any atom is -0.486 e. The zero-order valence-electron chi connectivity index (χ0n) is 19.2. The molecule has 0 saturated heterocycles. The molecule has 2 aromatic heterocycles. The molecule has 1 aliphatic rings. The smallest absolute Gasteiger partial charge is 0.323 e. The third-order valence-electron chi connectivity index (χ3n) is 5.29. The Hall–Kier alpha value is -4.54. The molecule has 35 heavy (non-hydrogen) atoms. The van der Waals surface area contributed by atoms with Crippen LogP contribution in [0.4, 0.5) is 16.2 Å². The van der Waals surface area contributed by atoms with Gasteiger partial charge in [-0.25, -0.2) is 9.78 Å². The number of carbonyl (C=O) groups excluding carboxylic acids is 1. The lowest BCUT2D eigenvalue weighted by Crippen LogP contribution is -2.23. The van der Waals surface area contributed by atoms with Crippen molar-refractivity contribution in [2.24, 2.45) is 0 Å². The van der Waals surface area contributed by atoms with E-state index in [-0.39, 0.29) is 18.2 Å². The fourth-order valence-corrected chi connectivity index (χ4v) is 3.66. The first kappa shape index (κ1) is 22.3. The molecule has 0 spiro atoms. The summed E-state index contributed by atoms with van der Waals surface area (Å²) in [7, 11) is 0. The van der Waals surface area contributed by atoms with Crippen LogP contribution in [0.25, 0.3) is 5.78 Å². The molecule has 2 aromatic carbocycles. The lowest BCUT2D eigenvalue weighted by atomic mass is 10.2. The second kappa shape index (κ2) is 9.37. The maximum absolute atomic E-state index is 12.6. The van der Waals surface area contributed by atoms with Crippen molar-refractivity contribution in [2.75, 3.05) is 23.8 Å². The van der Waals surface area contributed by atoms with Crippen LogP contribution in [0.15, 0.2) is 59.7 Å². The summed E-state index contributed by atoms with van der Waals surface area (Å²) in [4.78, 5) is 33.8. The average molecular weight is 476 g/mol. The molecule has 0 fully saturated rings. The predicted octanol–water partition coefficient (Wildman–Crippen LogP) is 3.47. The molecular formula is C24H24N6O5. The predicted molar refractivity (Wildman–Crippen MR) is 128 cm³/mol. The second-order valence-electron chi connectivity index (χ2n) is 8.14. The number of amides is 2. The summed E-state index contributed by atoms with van der Waals surface area (Å²) in [6.45, 7) is 4.90. The number of ether oxygens (including phenoxy) is 3. The Morgan fingerprint density at radius 1 is 1.09 bits per heavy atom. The summed E-state index contributed by atoms with van der Waals surface area (Å²) < 4.78 is 20.1. The van der Waals surface area contributed by atoms with Gasteiger partial charge in [0, 0.05) is 23.9 Å². The zero-order valence-corrected chi connectivity index (χ0v) is 19.2. The van der Waals surface area contributed by atoms with Gasteiger partial charge in [0.1, 0.15) is 31.9 Å². The molecule has 0 atom stereocenters. The molecule has 2 amide bonds. The first-order chi connectivity index (χ1) is 17.0. The molecule has 0 bridgehead atoms. The molecule has 3 heterocycles. The maximum Gasteiger partial charge on any atom is 0.323 e. The number of aromatic nitrogens is 4. The van der Waals surface area contributed by atoms with Crippen molar-refractivity contribution in [3.8, 4) is 17.2 Å². The zero-order chi connectivity index (χ0) is 24.4. The van der Waals surface area contributed by atoms with E-state index in [2.05, 4.69) is 20.6 Å². The SMILES string of the molecule is CC(C)n1cnc2nc(COc3ccccc3NC(=O)Nc3ccc4c(c3)OCCO4)cc(=O)n21. The van der Waals surface area contributed by atoms with E-state index >= 15 is 0 Å². The van der Waals surface area contributed by atoms with Crippen LogP contribution in [-0.4, -0.2) is 38.4 Å². The first-order valence-corrected chi connectivity index (χ1v) is 11.1. The molecule has 5 rings (SSSR count). The summed E-state index contributed by atoms with van der Waals surface area (Å²) >= 11 is 0. The van der Waals surface area contributed by atoms with Gasteiger partial charge in [-0.05, 0) is 38.1 Å². The van der Waals surface area contributed by atoms with Gasteiger partial charge in [0.15, 0.2) is 11.5 Å². The van der Waals surface area contributed by atoms with Crippen LogP contribution in [0, 0.1) is 0 Å². The molecule has 0 unspecified atom stereocenters. The van der Waals surface area contributed by atoms with Crippen molar-refractivity contribution in [2.45, 2.75) is 26.5 Å². The van der Waals surface area contributed by atoms with Gasteiger partial charge in [-0.1, -0.05) is 12.1 Å². The number of benzene rings is 2. The highest BCUT2D eigenvalue weighted by atomic mass is 16.6. The molecule has 0 aliphatic carbocycles. The van der Waals surface area contributed by atoms with Gasteiger partial charge in [0.05, 0.1) is 11.4 Å². The largest absolute Gasteiger partial charge is 0.486 e. The van der Waals surface area contributed by atoms with Crippen LogP contribution in [0.1, 0.15) is 25.6 Å². The summed E-state index contributed by atoms with van der Waals surface area (Å²) in [5.41, 5.74) is 1.21. The highest BCUT2D eigenvalue weighted by molar-refractivity contribution is 6.00. The van der Waals surface area contributed by atoms with Crippen LogP contribution in [0.5, 0.6) is 17.2 Å². The third kappa shape index (κ3) is 4.74. The average Bonchev–Trinajstić information content (AvgIpc) is 3.28. The van der Waals surface area contributed by atoms with Crippen LogP contribution in [-0.2, 0) is 6.61 Å². The third-order valence-corrected chi connectivity index (χ3v) is 5.29. The fraction of sp³-hybridized carbons (Fsp3) is 0.250. The van der Waals surface area contributed by atoms with Crippen LogP contribution in [0.2, 0.25) is 0 Å². The monoisotopic (exact) mass is 476 g/mol. The standard InChI is InChI=1S/C24H24N6O5/c1-15(2)29-14-25-23-26-17(12-22(31)30(23)29)13-35-19-6-4-3-5-18(19)28-24(32)27-16-7-8-20-21(11-16)34-10-9-33-20/h3-8,11-12,14-15H,9-10,13H2,1-2H3,(H2,27,28,32). The summed E-state index contributed by atoms with van der Waals surface area (Å²) in [5, 5.41) is 5.56. The van der Waals surface area contributed by atoms with E-state index in [1.54, 1.807) is 53.5 Å². The molecule has 0 radical (unpaired) electrons. The van der Waals surface area contributed by atoms with Gasteiger partial charge >= 0.3 is 6.03 Å². The van der Waals surface area contributed by atoms with Gasteiger partial charge in [-0.15, -0.1) is 0 Å². The van der Waals surface area contributed by atoms with Crippen LogP contribution in [0.3, 0.4) is 0 Å². The van der Waals surface area contributed by atoms with Gasteiger partial charge in [-0.3, -0.25) is 9.48 Å². The molecule has 0 saturated carbocycles. The molecule has 2 N–H and O–H groups in total. The lowest BCUT2D eigenvalue weighted by Gasteiger charge is -2.19. The van der Waals surface area contributed by atoms with E-state index < -0.39 is 6.03 Å². The Bertz CT molecular complexity index is 1440. The highest BCUT2D eigenvalue weighted by Crippen LogP contribution is 2.32. The number of nitrogens with zero attached hydrogens (tertiary/aromatic N) is 4. The van der Waals surface area contributed by atoms with E-state index in [0.717, 1.165) is 0 Å². The summed E-state index contributed by atoms with van der Waals surface area (Å²) in [6.07, 6.45) is 1.58. The molecule has 1 aliphatic heterocycles. The number of fused-ring (bicyclic) bond motifs is 2. The number of urea groups is 1. The Balaban J connectivity index is 1.27. The number of para-hydroxylation sites is 2. The van der Waals surface area contributed by atoms with Crippen LogP contribution < -0.4 is 30.4 Å². The Morgan fingerprint density at radius 3 is 2.71 bits per heavy atom. The first-order valence-electron chi connectivity index (χ1n) is 11.1. The van der Waals surface area contributed by atoms with Crippen molar-refractivity contribution in [3.05, 3.63) is 70.9 Å². The normalized spacial score (nSPS) is 12.5. The fourth-order valence-electron chi connectivity index (χ4n) is 3.66. The molecular weight excluding hydrogens is 452 g/mol. The quantitative estimate of drug-likeness (QED) is 0.437. The van der Waals surface area contributed by atoms with Crippen molar-refractivity contribution in [1.29, 1.82) is 0 Å². The molecule has 11 heteroatoms. The van der Waals surface area contributed by atoms with Gasteiger partial charge in [0.25, 0.3) is 11.3 Å². The van der Waals surface area contributed by atoms with E-state index in [4.69, 9.17) is 14.2 Å². The lowest BCUT2D eigenvalue weighted by molar-refractivity contribution is 0.171. The highest BCUT2D eigenvalue weighted by Gasteiger charge is 2.15. The van der Waals surface area contributed by atoms with E-state index in [9.17, 15) is 9.59 Å². The minimum absolute atomic E-state index is 0.0305. The number of hydrogen-bond acceptors (Lipinski definition) is 7. The number of nitrogens with one attached hydrogen (secondary N) is 2. The van der Waals surface area contributed by atoms with Gasteiger partial charge in [-0.2, -0.15) is 9.50 Å². The van der Waals surface area contributed by atoms with Crippen molar-refractivity contribution < 1.29 is 19.0 Å². The molecule has 11 nitrogen and oxygen atoms in total. The molecule has 180 valence electrons. The van der Waals surface area contributed by atoms with Crippen molar-refractivity contribution in [1.82, 2.24) is 19.2 Å². The van der Waals surface area contributed by atoms with E-state index in [0.29, 0.717) is 53.3 Å². The Morgan fingerprint density at radius 2 is 1.89 bits per heavy atom. The Kier molecular flexibility index (Phi) is 5.96. The molecule has 4 aromatic rings. The van der Waals surface area contributed by atoms with Gasteiger partial charge < -0.3 is 24.8 Å². The number of carbonyl (C=O) groups is 1. The van der Waals surface area contributed by atoms with E-state index in [1.165, 1.54) is 10.6 Å². The second-order valence-corrected chi connectivity index (χ2v) is 8.14. The van der Waals surface area contributed by atoms with Crippen molar-refractivity contribution >= 4 is 23.2 Å². The minimum atomic E-state index is -0.449. The number of anilines is 2. The summed E-state index contributed by atoms with van der Waals surface area (Å²) in [5.74, 6) is 1.95. The Labute approximate surface area is 200 Å². The number of hydrogen-bond donors (Lipinski definition) is 2. The number of rotatable bonds is 6. The maximum atomic E-state index is 12.6. The topological polar surface area (TPSA) is 121 Å². The van der Waals surface area contributed by atoms with Gasteiger partial charge in [0.2, 0.25) is 0 Å². The summed E-state index contributed by atoms with van der Waals surface area (Å²) in [6, 6.07) is 13.2. The van der Waals surface area contributed by atoms with E-state index in [1.807, 2.05) is 13.8 Å². The van der Waals surface area contributed by atoms with Crippen LogP contribution >= 0.6 is 0 Å². The van der Waals surface area contributed by atoms with Crippen molar-refractivity contribution in [3.63, 3.8) is 0 Å².